The van der Waals surface area contributed by atoms with Crippen molar-refractivity contribution in [2.24, 2.45) is 0 Å². The molecule has 1 nitrogen and oxygen atoms in total. The zero-order chi connectivity index (χ0) is 6.41. The minimum atomic E-state index is -0.0370. The lowest BCUT2D eigenvalue weighted by Gasteiger charge is -2.04. The molecule has 0 saturated carbocycles. The van der Waals surface area contributed by atoms with Crippen molar-refractivity contribution in [3.8, 4) is 0 Å². The van der Waals surface area contributed by atoms with Crippen LogP contribution < -0.4 is 0 Å². The lowest BCUT2D eigenvalue weighted by Crippen LogP contribution is -2.03. The molecule has 0 unspecified atom stereocenters. The zero-order valence-corrected chi connectivity index (χ0v) is 8.30. The van der Waals surface area contributed by atoms with Gasteiger partial charge in [0.15, 0.2) is 0 Å². The molecule has 0 aromatic heterocycles. The van der Waals surface area contributed by atoms with Gasteiger partial charge in [0.05, 0.1) is 6.10 Å². The van der Waals surface area contributed by atoms with Crippen LogP contribution in [0.1, 0.15) is 39.5 Å². The number of rotatable bonds is 4. The van der Waals surface area contributed by atoms with Gasteiger partial charge in [-0.3, -0.25) is 0 Å². The molecule has 0 rings (SSSR count). The van der Waals surface area contributed by atoms with Crippen molar-refractivity contribution < 1.29 is 5.11 Å². The smallest absolute Gasteiger partial charge is 0.0540 e. The highest BCUT2D eigenvalue weighted by Gasteiger charge is 1.97. The van der Waals surface area contributed by atoms with Crippen molar-refractivity contribution >= 4 is 24.8 Å². The molecule has 0 heterocycles. The van der Waals surface area contributed by atoms with Gasteiger partial charge in [0.25, 0.3) is 0 Å². The van der Waals surface area contributed by atoms with Crippen LogP contribution in [0.4, 0.5) is 0 Å². The van der Waals surface area contributed by atoms with Gasteiger partial charge in [-0.2, -0.15) is 0 Å². The van der Waals surface area contributed by atoms with Gasteiger partial charge in [-0.05, 0) is 12.8 Å². The van der Waals surface area contributed by atoms with Gasteiger partial charge in [0.1, 0.15) is 0 Å². The predicted molar refractivity (Wildman–Crippen MR) is 50.3 cm³/mol. The molecule has 0 aliphatic rings. The molecule has 0 radical (unpaired) electrons. The molecular formula is C7H18Cl2O. The molecule has 0 amide bonds. The summed E-state index contributed by atoms with van der Waals surface area (Å²) in [6.07, 6.45) is 4.09. The molecule has 0 atom stereocenters. The second-order valence-corrected chi connectivity index (χ2v) is 2.23. The van der Waals surface area contributed by atoms with E-state index < -0.39 is 0 Å². The first-order valence-corrected chi connectivity index (χ1v) is 3.49. The second kappa shape index (κ2) is 12.2. The summed E-state index contributed by atoms with van der Waals surface area (Å²) in [5.74, 6) is 0. The Hall–Kier alpha value is 0.540. The third-order valence-electron chi connectivity index (χ3n) is 1.24. The minimum absolute atomic E-state index is 0. The Morgan fingerprint density at radius 2 is 1.30 bits per heavy atom. The van der Waals surface area contributed by atoms with Crippen LogP contribution in [0.3, 0.4) is 0 Å². The second-order valence-electron chi connectivity index (χ2n) is 2.23. The van der Waals surface area contributed by atoms with Gasteiger partial charge in [-0.25, -0.2) is 0 Å². The Morgan fingerprint density at radius 1 is 1.00 bits per heavy atom. The number of aliphatic hydroxyl groups is 1. The summed E-state index contributed by atoms with van der Waals surface area (Å²) in [6.45, 7) is 4.19. The average Bonchev–Trinajstić information content (AvgIpc) is 1.68. The van der Waals surface area contributed by atoms with E-state index in [-0.39, 0.29) is 30.9 Å². The van der Waals surface area contributed by atoms with E-state index in [4.69, 9.17) is 5.11 Å². The molecule has 0 aromatic rings. The van der Waals surface area contributed by atoms with Crippen LogP contribution in [0.25, 0.3) is 0 Å². The molecule has 10 heavy (non-hydrogen) atoms. The first-order chi connectivity index (χ1) is 3.81. The van der Waals surface area contributed by atoms with E-state index in [2.05, 4.69) is 13.8 Å². The van der Waals surface area contributed by atoms with Gasteiger partial charge in [0.2, 0.25) is 0 Å². The SMILES string of the molecule is CCCC(O)CCC.Cl.Cl. The maximum atomic E-state index is 9.05. The molecule has 0 bridgehead atoms. The number of hydrogen-bond acceptors (Lipinski definition) is 1. The third kappa shape index (κ3) is 11.4. The highest BCUT2D eigenvalue weighted by atomic mass is 35.5. The lowest BCUT2D eigenvalue weighted by molar-refractivity contribution is 0.153. The van der Waals surface area contributed by atoms with Crippen LogP contribution in [0, 0.1) is 0 Å². The summed E-state index contributed by atoms with van der Waals surface area (Å²) >= 11 is 0. The Labute approximate surface area is 76.0 Å². The molecule has 1 N–H and O–H groups in total. The van der Waals surface area contributed by atoms with E-state index in [1.807, 2.05) is 0 Å². The van der Waals surface area contributed by atoms with Crippen LogP contribution >= 0.6 is 24.8 Å². The van der Waals surface area contributed by atoms with Crippen molar-refractivity contribution in [3.63, 3.8) is 0 Å². The van der Waals surface area contributed by atoms with Gasteiger partial charge >= 0.3 is 0 Å². The topological polar surface area (TPSA) is 20.2 Å². The van der Waals surface area contributed by atoms with Gasteiger partial charge in [-0.15, -0.1) is 24.8 Å². The van der Waals surface area contributed by atoms with Crippen molar-refractivity contribution in [1.82, 2.24) is 0 Å². The zero-order valence-electron chi connectivity index (χ0n) is 6.67. The van der Waals surface area contributed by atoms with Crippen molar-refractivity contribution in [2.45, 2.75) is 45.6 Å². The third-order valence-corrected chi connectivity index (χ3v) is 1.24. The summed E-state index contributed by atoms with van der Waals surface area (Å²) in [4.78, 5) is 0. The minimum Gasteiger partial charge on any atom is -0.393 e. The van der Waals surface area contributed by atoms with Crippen molar-refractivity contribution in [1.29, 1.82) is 0 Å². The van der Waals surface area contributed by atoms with E-state index in [0.717, 1.165) is 25.7 Å². The van der Waals surface area contributed by atoms with E-state index >= 15 is 0 Å². The van der Waals surface area contributed by atoms with Crippen LogP contribution in [0.2, 0.25) is 0 Å². The first kappa shape index (κ1) is 16.9. The summed E-state index contributed by atoms with van der Waals surface area (Å²) in [6, 6.07) is 0. The van der Waals surface area contributed by atoms with Gasteiger partial charge in [0, 0.05) is 0 Å². The first-order valence-electron chi connectivity index (χ1n) is 3.49. The predicted octanol–water partition coefficient (Wildman–Crippen LogP) is 2.79. The van der Waals surface area contributed by atoms with Gasteiger partial charge < -0.3 is 5.11 Å². The van der Waals surface area contributed by atoms with Crippen LogP contribution in [-0.2, 0) is 0 Å². The summed E-state index contributed by atoms with van der Waals surface area (Å²) in [7, 11) is 0. The molecule has 0 aliphatic heterocycles. The molecule has 3 heteroatoms. The standard InChI is InChI=1S/C7H16O.2ClH/c1-3-5-7(8)6-4-2;;/h7-8H,3-6H2,1-2H3;2*1H. The van der Waals surface area contributed by atoms with Crippen LogP contribution in [-0.4, -0.2) is 11.2 Å². The molecule has 66 valence electrons. The summed E-state index contributed by atoms with van der Waals surface area (Å²) in [5.41, 5.74) is 0. The Morgan fingerprint density at radius 3 is 1.50 bits per heavy atom. The Bertz CT molecular complexity index is 44.9. The van der Waals surface area contributed by atoms with E-state index in [9.17, 15) is 0 Å². The monoisotopic (exact) mass is 188 g/mol. The van der Waals surface area contributed by atoms with E-state index in [1.165, 1.54) is 0 Å². The number of halogens is 2. The van der Waals surface area contributed by atoms with E-state index in [0.29, 0.717) is 0 Å². The van der Waals surface area contributed by atoms with Crippen molar-refractivity contribution in [2.75, 3.05) is 0 Å². The molecule has 0 fully saturated rings. The highest BCUT2D eigenvalue weighted by molar-refractivity contribution is 5.85. The Balaban J connectivity index is -0.000000245. The summed E-state index contributed by atoms with van der Waals surface area (Å²) < 4.78 is 0. The van der Waals surface area contributed by atoms with E-state index in [1.54, 1.807) is 0 Å². The van der Waals surface area contributed by atoms with Gasteiger partial charge in [-0.1, -0.05) is 26.7 Å². The lowest BCUT2D eigenvalue weighted by atomic mass is 10.1. The average molecular weight is 189 g/mol. The largest absolute Gasteiger partial charge is 0.393 e. The highest BCUT2D eigenvalue weighted by Crippen LogP contribution is 2.02. The maximum Gasteiger partial charge on any atom is 0.0540 e. The number of aliphatic hydroxyl groups excluding tert-OH is 1. The molecule has 0 aliphatic carbocycles. The fourth-order valence-corrected chi connectivity index (χ4v) is 0.811. The quantitative estimate of drug-likeness (QED) is 0.720. The number of hydrogen-bond donors (Lipinski definition) is 1. The van der Waals surface area contributed by atoms with Crippen molar-refractivity contribution in [3.05, 3.63) is 0 Å². The Kier molecular flexibility index (Phi) is 20.6. The van der Waals surface area contributed by atoms with Crippen LogP contribution in [0.5, 0.6) is 0 Å². The summed E-state index contributed by atoms with van der Waals surface area (Å²) in [5, 5.41) is 9.05. The maximum absolute atomic E-state index is 9.05. The normalized spacial score (nSPS) is 8.40. The fourth-order valence-electron chi connectivity index (χ4n) is 0.811. The molecule has 0 aromatic carbocycles. The molecule has 0 saturated heterocycles. The van der Waals surface area contributed by atoms with Crippen LogP contribution in [0.15, 0.2) is 0 Å². The molecule has 0 spiro atoms. The fraction of sp³-hybridized carbons (Fsp3) is 1.00. The molecular weight excluding hydrogens is 171 g/mol.